The lowest BCUT2D eigenvalue weighted by molar-refractivity contribution is -0.136. The Hall–Kier alpha value is -2.37. The second-order valence-electron chi connectivity index (χ2n) is 8.32. The molecule has 0 spiro atoms. The number of hydrogen-bond donors (Lipinski definition) is 0. The van der Waals surface area contributed by atoms with Gasteiger partial charge < -0.3 is 9.80 Å². The van der Waals surface area contributed by atoms with Gasteiger partial charge in [0.25, 0.3) is 5.91 Å². The predicted octanol–water partition coefficient (Wildman–Crippen LogP) is 2.39. The van der Waals surface area contributed by atoms with Crippen molar-refractivity contribution in [2.75, 3.05) is 18.0 Å². The highest BCUT2D eigenvalue weighted by atomic mass is 16.2. The van der Waals surface area contributed by atoms with Gasteiger partial charge in [0.2, 0.25) is 11.8 Å². The fourth-order valence-corrected chi connectivity index (χ4v) is 4.73. The van der Waals surface area contributed by atoms with E-state index in [9.17, 15) is 14.4 Å². The molecule has 0 N–H and O–H groups in total. The molecule has 6 heteroatoms. The Kier molecular flexibility index (Phi) is 3.65. The van der Waals surface area contributed by atoms with Crippen LogP contribution >= 0.6 is 0 Å². The van der Waals surface area contributed by atoms with E-state index in [0.717, 1.165) is 19.4 Å². The monoisotopic (exact) mass is 355 g/mol. The van der Waals surface area contributed by atoms with Gasteiger partial charge in [-0.1, -0.05) is 12.1 Å². The van der Waals surface area contributed by atoms with Crippen molar-refractivity contribution in [1.29, 1.82) is 0 Å². The molecule has 0 aromatic heterocycles. The van der Waals surface area contributed by atoms with Crippen LogP contribution in [0.4, 0.5) is 5.69 Å². The molecule has 1 unspecified atom stereocenters. The smallest absolute Gasteiger partial charge is 0.258 e. The summed E-state index contributed by atoms with van der Waals surface area (Å²) in [4.78, 5) is 44.0. The zero-order valence-corrected chi connectivity index (χ0v) is 15.6. The summed E-state index contributed by atoms with van der Waals surface area (Å²) in [5.74, 6) is -0.202. The molecule has 138 valence electrons. The van der Waals surface area contributed by atoms with Crippen LogP contribution < -0.4 is 4.90 Å². The fourth-order valence-electron chi connectivity index (χ4n) is 4.73. The minimum Gasteiger partial charge on any atom is -0.336 e. The lowest BCUT2D eigenvalue weighted by Gasteiger charge is -2.49. The molecular weight excluding hydrogens is 330 g/mol. The number of likely N-dealkylation sites (tertiary alicyclic amines) is 1. The van der Waals surface area contributed by atoms with Gasteiger partial charge in [-0.3, -0.25) is 19.3 Å². The minimum atomic E-state index is -0.776. The summed E-state index contributed by atoms with van der Waals surface area (Å²) in [5, 5.41) is 0. The molecule has 2 saturated heterocycles. The third kappa shape index (κ3) is 2.27. The van der Waals surface area contributed by atoms with E-state index in [0.29, 0.717) is 24.1 Å². The first-order chi connectivity index (χ1) is 12.3. The van der Waals surface area contributed by atoms with Gasteiger partial charge in [-0.15, -0.1) is 0 Å². The van der Waals surface area contributed by atoms with Crippen LogP contribution in [0.5, 0.6) is 0 Å². The highest BCUT2D eigenvalue weighted by Crippen LogP contribution is 2.44. The molecule has 4 rings (SSSR count). The topological polar surface area (TPSA) is 60.9 Å². The molecule has 3 aliphatic rings. The number of para-hydroxylation sites is 1. The summed E-state index contributed by atoms with van der Waals surface area (Å²) < 4.78 is 0. The fraction of sp³-hybridized carbons (Fsp3) is 0.550. The Balaban J connectivity index is 1.71. The lowest BCUT2D eigenvalue weighted by atomic mass is 9.97. The summed E-state index contributed by atoms with van der Waals surface area (Å²) in [6.07, 6.45) is 2.88. The summed E-state index contributed by atoms with van der Waals surface area (Å²) in [5.41, 5.74) is 0.198. The first kappa shape index (κ1) is 17.1. The van der Waals surface area contributed by atoms with E-state index in [4.69, 9.17) is 0 Å². The molecule has 1 atom stereocenters. The highest BCUT2D eigenvalue weighted by molar-refractivity contribution is 6.11. The molecular formula is C20H25N3O3. The maximum absolute atomic E-state index is 13.2. The average Bonchev–Trinajstić information content (AvgIpc) is 3.11. The van der Waals surface area contributed by atoms with Gasteiger partial charge in [-0.25, -0.2) is 0 Å². The van der Waals surface area contributed by atoms with Gasteiger partial charge in [-0.05, 0) is 52.2 Å². The van der Waals surface area contributed by atoms with Gasteiger partial charge in [0, 0.05) is 18.5 Å². The number of amides is 3. The van der Waals surface area contributed by atoms with Crippen LogP contribution in [0.15, 0.2) is 24.3 Å². The van der Waals surface area contributed by atoms with Gasteiger partial charge in [0.15, 0.2) is 0 Å². The van der Waals surface area contributed by atoms with Crippen molar-refractivity contribution in [1.82, 2.24) is 9.80 Å². The molecule has 3 aliphatic heterocycles. The van der Waals surface area contributed by atoms with Gasteiger partial charge in [0.05, 0.1) is 11.3 Å². The number of fused-ring (bicyclic) bond motifs is 3. The van der Waals surface area contributed by atoms with E-state index in [2.05, 4.69) is 13.8 Å². The Morgan fingerprint density at radius 2 is 1.85 bits per heavy atom. The Bertz CT molecular complexity index is 803. The van der Waals surface area contributed by atoms with E-state index in [1.54, 1.807) is 21.9 Å². The maximum Gasteiger partial charge on any atom is 0.258 e. The number of benzene rings is 1. The van der Waals surface area contributed by atoms with Crippen LogP contribution in [0.3, 0.4) is 0 Å². The highest BCUT2D eigenvalue weighted by Gasteiger charge is 2.54. The quantitative estimate of drug-likeness (QED) is 0.818. The van der Waals surface area contributed by atoms with E-state index >= 15 is 0 Å². The zero-order chi connectivity index (χ0) is 18.7. The van der Waals surface area contributed by atoms with Gasteiger partial charge in [0.1, 0.15) is 12.2 Å². The van der Waals surface area contributed by atoms with Crippen LogP contribution in [-0.2, 0) is 9.59 Å². The number of carbonyl (C=O) groups is 3. The van der Waals surface area contributed by atoms with E-state index in [1.807, 2.05) is 24.0 Å². The third-order valence-electron chi connectivity index (χ3n) is 6.24. The summed E-state index contributed by atoms with van der Waals surface area (Å²) >= 11 is 0. The second-order valence-corrected chi connectivity index (χ2v) is 8.32. The number of rotatable bonds is 2. The number of carbonyl (C=O) groups excluding carboxylic acids is 3. The maximum atomic E-state index is 13.2. The van der Waals surface area contributed by atoms with E-state index in [1.165, 1.54) is 0 Å². The predicted molar refractivity (Wildman–Crippen MR) is 97.6 cm³/mol. The van der Waals surface area contributed by atoms with E-state index < -0.39 is 5.66 Å². The number of nitrogens with zero attached hydrogens (tertiary/aromatic N) is 3. The Morgan fingerprint density at radius 1 is 1.12 bits per heavy atom. The van der Waals surface area contributed by atoms with Crippen molar-refractivity contribution in [3.05, 3.63) is 29.8 Å². The zero-order valence-electron chi connectivity index (χ0n) is 15.6. The molecule has 6 nitrogen and oxygen atoms in total. The van der Waals surface area contributed by atoms with Crippen LogP contribution in [-0.4, -0.2) is 51.8 Å². The van der Waals surface area contributed by atoms with Crippen molar-refractivity contribution >= 4 is 23.4 Å². The van der Waals surface area contributed by atoms with Crippen LogP contribution in [0.1, 0.15) is 56.8 Å². The first-order valence-corrected chi connectivity index (χ1v) is 9.30. The van der Waals surface area contributed by atoms with Gasteiger partial charge in [-0.2, -0.15) is 0 Å². The number of hydrogen-bond acceptors (Lipinski definition) is 3. The Labute approximate surface area is 153 Å². The summed E-state index contributed by atoms with van der Waals surface area (Å²) in [7, 11) is 0. The molecule has 2 fully saturated rings. The minimum absolute atomic E-state index is 0.00593. The van der Waals surface area contributed by atoms with Crippen molar-refractivity contribution in [2.45, 2.75) is 57.7 Å². The third-order valence-corrected chi connectivity index (χ3v) is 6.24. The summed E-state index contributed by atoms with van der Waals surface area (Å²) in [6, 6.07) is 7.19. The molecule has 0 aliphatic carbocycles. The molecule has 26 heavy (non-hydrogen) atoms. The SMILES string of the molecule is CC1(C)CCCN1C(=O)CN1C(=O)c2ccccc2N2C(=O)CCC12C. The van der Waals surface area contributed by atoms with Crippen molar-refractivity contribution in [3.8, 4) is 0 Å². The standard InChI is InChI=1S/C20H25N3O3/c1-19(2)10-6-12-21(19)17(25)13-22-18(26)14-7-4-5-8-15(14)23-16(24)9-11-20(22,23)3/h4-5,7-8H,6,9-13H2,1-3H3. The van der Waals surface area contributed by atoms with E-state index in [-0.39, 0.29) is 29.8 Å². The Morgan fingerprint density at radius 3 is 2.54 bits per heavy atom. The van der Waals surface area contributed by atoms with Crippen LogP contribution in [0, 0.1) is 0 Å². The largest absolute Gasteiger partial charge is 0.336 e. The average molecular weight is 355 g/mol. The van der Waals surface area contributed by atoms with Crippen molar-refractivity contribution in [3.63, 3.8) is 0 Å². The van der Waals surface area contributed by atoms with Crippen LogP contribution in [0.25, 0.3) is 0 Å². The summed E-state index contributed by atoms with van der Waals surface area (Å²) in [6.45, 7) is 6.77. The first-order valence-electron chi connectivity index (χ1n) is 9.30. The van der Waals surface area contributed by atoms with Crippen molar-refractivity contribution < 1.29 is 14.4 Å². The van der Waals surface area contributed by atoms with Gasteiger partial charge >= 0.3 is 0 Å². The normalized spacial score (nSPS) is 27.0. The molecule has 3 heterocycles. The molecule has 1 aromatic carbocycles. The second kappa shape index (κ2) is 5.56. The molecule has 0 saturated carbocycles. The van der Waals surface area contributed by atoms with Crippen LogP contribution in [0.2, 0.25) is 0 Å². The molecule has 1 aromatic rings. The van der Waals surface area contributed by atoms with Crippen molar-refractivity contribution in [2.24, 2.45) is 0 Å². The molecule has 3 amide bonds. The molecule has 0 bridgehead atoms. The molecule has 0 radical (unpaired) electrons. The number of anilines is 1. The lowest BCUT2D eigenvalue weighted by Crippen LogP contribution is -2.64.